The van der Waals surface area contributed by atoms with Crippen LogP contribution in [0.3, 0.4) is 0 Å². The summed E-state index contributed by atoms with van der Waals surface area (Å²) in [4.78, 5) is 12.0. The van der Waals surface area contributed by atoms with Gasteiger partial charge in [0.05, 0.1) is 6.61 Å². The van der Waals surface area contributed by atoms with E-state index in [9.17, 15) is 4.79 Å². The van der Waals surface area contributed by atoms with Gasteiger partial charge in [-0.15, -0.1) is 0 Å². The maximum Gasteiger partial charge on any atom is 0.501 e. The van der Waals surface area contributed by atoms with Gasteiger partial charge in [0.1, 0.15) is 11.9 Å². The van der Waals surface area contributed by atoms with E-state index in [1.54, 1.807) is 6.92 Å². The van der Waals surface area contributed by atoms with Gasteiger partial charge in [-0.25, -0.2) is 0 Å². The molecular formula is C25H32O5Si. The molecular weight excluding hydrogens is 408 g/mol. The summed E-state index contributed by atoms with van der Waals surface area (Å²) in [5, 5.41) is 0. The maximum absolute atomic E-state index is 12.0. The van der Waals surface area contributed by atoms with Crippen molar-refractivity contribution in [3.05, 3.63) is 66.2 Å². The Morgan fingerprint density at radius 1 is 1.10 bits per heavy atom. The second kappa shape index (κ2) is 10.9. The number of hydrogen-bond acceptors (Lipinski definition) is 5. The Morgan fingerprint density at radius 2 is 1.81 bits per heavy atom. The largest absolute Gasteiger partial charge is 0.501 e. The van der Waals surface area contributed by atoms with Crippen molar-refractivity contribution < 1.29 is 22.8 Å². The molecule has 3 rings (SSSR count). The maximum atomic E-state index is 12.0. The lowest BCUT2D eigenvalue weighted by Crippen LogP contribution is -2.49. The second-order valence-electron chi connectivity index (χ2n) is 7.48. The fraction of sp³-hybridized carbons (Fsp3) is 0.400. The van der Waals surface area contributed by atoms with E-state index >= 15 is 0 Å². The van der Waals surface area contributed by atoms with Gasteiger partial charge in [-0.1, -0.05) is 43.0 Å². The normalized spacial score (nSPS) is 13.4. The second-order valence-corrected chi connectivity index (χ2v) is 10.2. The fourth-order valence-corrected chi connectivity index (χ4v) is 6.72. The zero-order chi connectivity index (χ0) is 22.3. The van der Waals surface area contributed by atoms with Crippen LogP contribution in [-0.2, 0) is 24.5 Å². The summed E-state index contributed by atoms with van der Waals surface area (Å²) in [7, 11) is -3.00. The average Bonchev–Trinajstić information content (AvgIpc) is 3.16. The van der Waals surface area contributed by atoms with E-state index in [0.29, 0.717) is 32.3 Å². The van der Waals surface area contributed by atoms with Gasteiger partial charge in [-0.05, 0) is 56.0 Å². The summed E-state index contributed by atoms with van der Waals surface area (Å²) < 4.78 is 24.1. The van der Waals surface area contributed by atoms with Gasteiger partial charge in [0.2, 0.25) is 0 Å². The molecule has 31 heavy (non-hydrogen) atoms. The van der Waals surface area contributed by atoms with Crippen LogP contribution in [0, 0.1) is 0 Å². The number of benzene rings is 2. The van der Waals surface area contributed by atoms with Gasteiger partial charge in [0, 0.05) is 31.2 Å². The first-order valence-electron chi connectivity index (χ1n) is 11.0. The van der Waals surface area contributed by atoms with Crippen molar-refractivity contribution in [2.75, 3.05) is 19.8 Å². The Bertz CT molecular complexity index is 905. The molecule has 2 aromatic rings. The summed E-state index contributed by atoms with van der Waals surface area (Å²) in [6, 6.07) is 15.3. The van der Waals surface area contributed by atoms with Crippen LogP contribution in [0.2, 0.25) is 6.04 Å². The number of ether oxygens (including phenoxy) is 1. The number of hydrogen-bond donors (Lipinski definition) is 0. The lowest BCUT2D eigenvalue weighted by Gasteiger charge is -2.31. The molecule has 0 aliphatic heterocycles. The van der Waals surface area contributed by atoms with E-state index in [-0.39, 0.29) is 5.78 Å². The van der Waals surface area contributed by atoms with Gasteiger partial charge >= 0.3 is 8.80 Å². The molecule has 2 aromatic carbocycles. The minimum Gasteiger partial charge on any atom is -0.493 e. The van der Waals surface area contributed by atoms with E-state index in [2.05, 4.69) is 36.9 Å². The number of carbonyl (C=O) groups excluding carboxylic acids is 1. The number of fused-ring (bicyclic) bond motifs is 3. The SMILES string of the molecule is C=CC(=O)C(C)O[Si](CCCOc1cccc2c1Cc1ccccc1-2)(OCC)OCC. The van der Waals surface area contributed by atoms with Gasteiger partial charge < -0.3 is 18.0 Å². The molecule has 1 atom stereocenters. The third kappa shape index (κ3) is 5.52. The summed E-state index contributed by atoms with van der Waals surface area (Å²) in [5.41, 5.74) is 5.11. The van der Waals surface area contributed by atoms with Crippen LogP contribution < -0.4 is 4.74 Å². The van der Waals surface area contributed by atoms with Gasteiger partial charge in [-0.2, -0.15) is 0 Å². The Morgan fingerprint density at radius 3 is 2.52 bits per heavy atom. The molecule has 0 spiro atoms. The molecule has 5 nitrogen and oxygen atoms in total. The van der Waals surface area contributed by atoms with Crippen molar-refractivity contribution >= 4 is 14.6 Å². The van der Waals surface area contributed by atoms with E-state index in [1.165, 1.54) is 28.3 Å². The van der Waals surface area contributed by atoms with E-state index in [4.69, 9.17) is 18.0 Å². The van der Waals surface area contributed by atoms with Crippen molar-refractivity contribution in [3.63, 3.8) is 0 Å². The molecule has 0 bridgehead atoms. The highest BCUT2D eigenvalue weighted by molar-refractivity contribution is 6.61. The first-order chi connectivity index (χ1) is 15.0. The van der Waals surface area contributed by atoms with Crippen LogP contribution in [0.15, 0.2) is 55.1 Å². The molecule has 0 aromatic heterocycles. The molecule has 0 fully saturated rings. The molecule has 0 saturated heterocycles. The first kappa shape index (κ1) is 23.4. The van der Waals surface area contributed by atoms with E-state index in [1.807, 2.05) is 26.0 Å². The molecule has 0 saturated carbocycles. The standard InChI is InChI=1S/C25H32O5Si/c1-5-24(26)19(4)30-31(28-6-2,29-7-3)17-11-16-27-25-15-10-14-22-21-13-9-8-12-20(21)18-23(22)25/h5,8-10,12-15,19H,1,6-7,11,16-18H2,2-4H3. The van der Waals surface area contributed by atoms with Crippen LogP contribution in [0.4, 0.5) is 0 Å². The predicted octanol–water partition coefficient (Wildman–Crippen LogP) is 5.20. The van der Waals surface area contributed by atoms with E-state index in [0.717, 1.165) is 12.2 Å². The molecule has 0 radical (unpaired) electrons. The average molecular weight is 441 g/mol. The van der Waals surface area contributed by atoms with Crippen molar-refractivity contribution in [1.82, 2.24) is 0 Å². The summed E-state index contributed by atoms with van der Waals surface area (Å²) in [6.07, 6.45) is 2.23. The molecule has 0 amide bonds. The minimum atomic E-state index is -3.00. The van der Waals surface area contributed by atoms with Crippen LogP contribution in [-0.4, -0.2) is 40.5 Å². The molecule has 6 heteroatoms. The smallest absolute Gasteiger partial charge is 0.493 e. The van der Waals surface area contributed by atoms with Crippen molar-refractivity contribution in [1.29, 1.82) is 0 Å². The predicted molar refractivity (Wildman–Crippen MR) is 124 cm³/mol. The summed E-state index contributed by atoms with van der Waals surface area (Å²) >= 11 is 0. The van der Waals surface area contributed by atoms with Crippen LogP contribution in [0.25, 0.3) is 11.1 Å². The quantitative estimate of drug-likeness (QED) is 0.208. The molecule has 0 N–H and O–H groups in total. The Kier molecular flexibility index (Phi) is 8.20. The molecule has 0 heterocycles. The lowest BCUT2D eigenvalue weighted by molar-refractivity contribution is -0.122. The highest BCUT2D eigenvalue weighted by Gasteiger charge is 2.42. The molecule has 1 aliphatic rings. The monoisotopic (exact) mass is 440 g/mol. The van der Waals surface area contributed by atoms with Crippen LogP contribution in [0.1, 0.15) is 38.3 Å². The van der Waals surface area contributed by atoms with Gasteiger partial charge in [0.15, 0.2) is 5.78 Å². The lowest BCUT2D eigenvalue weighted by atomic mass is 10.1. The molecule has 166 valence electrons. The Hall–Kier alpha value is -2.25. The topological polar surface area (TPSA) is 54.0 Å². The molecule has 1 unspecified atom stereocenters. The number of rotatable bonds is 13. The number of ketones is 1. The summed E-state index contributed by atoms with van der Waals surface area (Å²) in [5.74, 6) is 0.747. The fourth-order valence-electron chi connectivity index (χ4n) is 3.98. The minimum absolute atomic E-state index is 0.174. The zero-order valence-electron chi connectivity index (χ0n) is 18.7. The van der Waals surface area contributed by atoms with E-state index < -0.39 is 14.9 Å². The van der Waals surface area contributed by atoms with Crippen molar-refractivity contribution in [2.24, 2.45) is 0 Å². The van der Waals surface area contributed by atoms with Crippen molar-refractivity contribution in [2.45, 2.75) is 45.8 Å². The van der Waals surface area contributed by atoms with Gasteiger partial charge in [0.25, 0.3) is 0 Å². The third-order valence-electron chi connectivity index (χ3n) is 5.38. The van der Waals surface area contributed by atoms with Crippen LogP contribution in [0.5, 0.6) is 5.75 Å². The molecule has 1 aliphatic carbocycles. The van der Waals surface area contributed by atoms with Gasteiger partial charge in [-0.3, -0.25) is 4.79 Å². The highest BCUT2D eigenvalue weighted by atomic mass is 28.4. The Balaban J connectivity index is 1.64. The summed E-state index contributed by atoms with van der Waals surface area (Å²) in [6.45, 7) is 10.5. The highest BCUT2D eigenvalue weighted by Crippen LogP contribution is 2.41. The third-order valence-corrected chi connectivity index (χ3v) is 8.51. The number of carbonyl (C=O) groups is 1. The van der Waals surface area contributed by atoms with Crippen molar-refractivity contribution in [3.8, 4) is 16.9 Å². The first-order valence-corrected chi connectivity index (χ1v) is 12.9. The Labute approximate surface area is 186 Å². The van der Waals surface area contributed by atoms with Crippen LogP contribution >= 0.6 is 0 Å². The zero-order valence-corrected chi connectivity index (χ0v) is 19.7.